The maximum Gasteiger partial charge on any atom is 0.416 e. The predicted molar refractivity (Wildman–Crippen MR) is 56.4 cm³/mol. The summed E-state index contributed by atoms with van der Waals surface area (Å²) in [6.07, 6.45) is -4.64. The van der Waals surface area contributed by atoms with E-state index in [0.717, 1.165) is 12.1 Å². The van der Waals surface area contributed by atoms with Crippen LogP contribution in [0.5, 0.6) is 0 Å². The zero-order valence-electron chi connectivity index (χ0n) is 9.62. The van der Waals surface area contributed by atoms with E-state index in [0.29, 0.717) is 6.07 Å². The van der Waals surface area contributed by atoms with Gasteiger partial charge in [0.25, 0.3) is 5.69 Å². The summed E-state index contributed by atoms with van der Waals surface area (Å²) in [6, 6.07) is 2.22. The molecule has 5 nitrogen and oxygen atoms in total. The summed E-state index contributed by atoms with van der Waals surface area (Å²) in [7, 11) is 0. The number of hydrogen-bond donors (Lipinski definition) is 1. The predicted octanol–water partition coefficient (Wildman–Crippen LogP) is 2.74. The van der Waals surface area contributed by atoms with Gasteiger partial charge in [-0.2, -0.15) is 13.2 Å². The molecule has 0 aromatic heterocycles. The number of nitrogens with zero attached hydrogens (tertiary/aromatic N) is 1. The smallest absolute Gasteiger partial charge is 0.294 e. The maximum atomic E-state index is 12.5. The lowest BCUT2D eigenvalue weighted by molar-refractivity contribution is -0.387. The molecule has 1 aromatic carbocycles. The van der Waals surface area contributed by atoms with Crippen molar-refractivity contribution in [2.24, 2.45) is 5.90 Å². The van der Waals surface area contributed by atoms with Gasteiger partial charge < -0.3 is 0 Å². The first-order valence-corrected chi connectivity index (χ1v) is 4.83. The molecule has 100 valence electrons. The van der Waals surface area contributed by atoms with Crippen LogP contribution in [0.2, 0.25) is 0 Å². The Morgan fingerprint density at radius 3 is 2.28 bits per heavy atom. The van der Waals surface area contributed by atoms with Crippen LogP contribution >= 0.6 is 0 Å². The van der Waals surface area contributed by atoms with E-state index < -0.39 is 28.0 Å². The third-order valence-corrected chi connectivity index (χ3v) is 2.47. The zero-order valence-corrected chi connectivity index (χ0v) is 9.62. The zero-order chi connectivity index (χ0) is 14.1. The Kier molecular flexibility index (Phi) is 3.63. The molecule has 0 saturated carbocycles. The molecule has 1 rings (SSSR count). The van der Waals surface area contributed by atoms with Crippen molar-refractivity contribution in [3.05, 3.63) is 39.4 Å². The number of benzene rings is 1. The normalized spacial score (nSPS) is 12.6. The standard InChI is InChI=1S/C10H11F3N2O3/c1-9(2,18-14)7-4-3-6(10(11,12)13)5-8(7)15(16)17/h3-5H,14H2,1-2H3. The van der Waals surface area contributed by atoms with Gasteiger partial charge in [0.1, 0.15) is 5.60 Å². The second-order valence-corrected chi connectivity index (χ2v) is 4.11. The molecule has 0 atom stereocenters. The molecule has 8 heteroatoms. The first-order chi connectivity index (χ1) is 8.09. The molecular formula is C10H11F3N2O3. The van der Waals surface area contributed by atoms with Gasteiger partial charge in [0, 0.05) is 6.07 Å². The van der Waals surface area contributed by atoms with E-state index >= 15 is 0 Å². The van der Waals surface area contributed by atoms with Gasteiger partial charge in [-0.1, -0.05) is 0 Å². The molecule has 0 aliphatic carbocycles. The minimum atomic E-state index is -4.64. The van der Waals surface area contributed by atoms with Crippen LogP contribution in [0, 0.1) is 10.1 Å². The summed E-state index contributed by atoms with van der Waals surface area (Å²) in [5.41, 5.74) is -3.05. The summed E-state index contributed by atoms with van der Waals surface area (Å²) >= 11 is 0. The minimum absolute atomic E-state index is 0.0250. The first kappa shape index (κ1) is 14.4. The molecule has 0 saturated heterocycles. The van der Waals surface area contributed by atoms with Crippen molar-refractivity contribution >= 4 is 5.69 Å². The molecular weight excluding hydrogens is 253 g/mol. The topological polar surface area (TPSA) is 78.4 Å². The summed E-state index contributed by atoms with van der Waals surface area (Å²) in [4.78, 5) is 14.5. The largest absolute Gasteiger partial charge is 0.416 e. The third kappa shape index (κ3) is 2.77. The average molecular weight is 264 g/mol. The Morgan fingerprint density at radius 2 is 1.89 bits per heavy atom. The van der Waals surface area contributed by atoms with Crippen LogP contribution in [-0.4, -0.2) is 4.92 Å². The molecule has 0 unspecified atom stereocenters. The highest BCUT2D eigenvalue weighted by atomic mass is 19.4. The quantitative estimate of drug-likeness (QED) is 0.672. The number of halogens is 3. The number of rotatable bonds is 3. The molecule has 1 aromatic rings. The lowest BCUT2D eigenvalue weighted by Gasteiger charge is -2.22. The van der Waals surface area contributed by atoms with Crippen LogP contribution in [0.1, 0.15) is 25.0 Å². The molecule has 0 amide bonds. The maximum absolute atomic E-state index is 12.5. The number of nitrogens with two attached hydrogens (primary N) is 1. The fourth-order valence-corrected chi connectivity index (χ4v) is 1.43. The fourth-order valence-electron chi connectivity index (χ4n) is 1.43. The van der Waals surface area contributed by atoms with Gasteiger partial charge in [-0.25, -0.2) is 5.90 Å². The van der Waals surface area contributed by atoms with Crippen LogP contribution in [0.3, 0.4) is 0 Å². The van der Waals surface area contributed by atoms with Gasteiger partial charge in [-0.05, 0) is 26.0 Å². The van der Waals surface area contributed by atoms with Crippen molar-refractivity contribution in [1.29, 1.82) is 0 Å². The highest BCUT2D eigenvalue weighted by Gasteiger charge is 2.36. The minimum Gasteiger partial charge on any atom is -0.294 e. The first-order valence-electron chi connectivity index (χ1n) is 4.83. The van der Waals surface area contributed by atoms with E-state index in [4.69, 9.17) is 5.90 Å². The van der Waals surface area contributed by atoms with Gasteiger partial charge in [-0.15, -0.1) is 0 Å². The van der Waals surface area contributed by atoms with Gasteiger partial charge in [0.2, 0.25) is 0 Å². The van der Waals surface area contributed by atoms with E-state index in [1.54, 1.807) is 0 Å². The van der Waals surface area contributed by atoms with Crippen LogP contribution in [-0.2, 0) is 16.6 Å². The monoisotopic (exact) mass is 264 g/mol. The Labute approximate surface area is 100 Å². The summed E-state index contributed by atoms with van der Waals surface area (Å²) in [5, 5.41) is 10.8. The fraction of sp³-hybridized carbons (Fsp3) is 0.400. The molecule has 0 aliphatic rings. The van der Waals surface area contributed by atoms with E-state index in [1.165, 1.54) is 13.8 Å². The Bertz CT molecular complexity index is 472. The molecule has 2 N–H and O–H groups in total. The molecule has 18 heavy (non-hydrogen) atoms. The van der Waals surface area contributed by atoms with Gasteiger partial charge in [0.05, 0.1) is 16.1 Å². The van der Waals surface area contributed by atoms with Gasteiger partial charge >= 0.3 is 6.18 Å². The van der Waals surface area contributed by atoms with E-state index in [1.807, 2.05) is 0 Å². The number of alkyl halides is 3. The highest BCUT2D eigenvalue weighted by molar-refractivity contribution is 5.47. The van der Waals surface area contributed by atoms with Crippen LogP contribution in [0.25, 0.3) is 0 Å². The average Bonchev–Trinajstić information content (AvgIpc) is 2.27. The lowest BCUT2D eigenvalue weighted by atomic mass is 9.95. The molecule has 0 spiro atoms. The number of nitro groups is 1. The Morgan fingerprint density at radius 1 is 1.33 bits per heavy atom. The summed E-state index contributed by atoms with van der Waals surface area (Å²) in [5.74, 6) is 4.99. The summed E-state index contributed by atoms with van der Waals surface area (Å²) < 4.78 is 37.4. The third-order valence-electron chi connectivity index (χ3n) is 2.47. The molecule has 0 heterocycles. The van der Waals surface area contributed by atoms with Crippen molar-refractivity contribution in [3.63, 3.8) is 0 Å². The SMILES string of the molecule is CC(C)(ON)c1ccc(C(F)(F)F)cc1[N+](=O)[O-]. The molecule has 0 fully saturated rings. The molecule has 0 radical (unpaired) electrons. The summed E-state index contributed by atoms with van der Waals surface area (Å²) in [6.45, 7) is 2.84. The van der Waals surface area contributed by atoms with Crippen LogP contribution in [0.15, 0.2) is 18.2 Å². The van der Waals surface area contributed by atoms with Crippen molar-refractivity contribution in [1.82, 2.24) is 0 Å². The van der Waals surface area contributed by atoms with Crippen LogP contribution in [0.4, 0.5) is 18.9 Å². The van der Waals surface area contributed by atoms with Gasteiger partial charge in [0.15, 0.2) is 0 Å². The molecule has 0 bridgehead atoms. The lowest BCUT2D eigenvalue weighted by Crippen LogP contribution is -2.26. The van der Waals surface area contributed by atoms with E-state index in [-0.39, 0.29) is 5.56 Å². The van der Waals surface area contributed by atoms with E-state index in [2.05, 4.69) is 4.84 Å². The van der Waals surface area contributed by atoms with Gasteiger partial charge in [-0.3, -0.25) is 15.0 Å². The Hall–Kier alpha value is -1.67. The molecule has 0 aliphatic heterocycles. The highest BCUT2D eigenvalue weighted by Crippen LogP contribution is 2.37. The van der Waals surface area contributed by atoms with Crippen LogP contribution < -0.4 is 5.90 Å². The second kappa shape index (κ2) is 4.54. The number of nitro benzene ring substituents is 1. The van der Waals surface area contributed by atoms with Crippen molar-refractivity contribution in [2.45, 2.75) is 25.6 Å². The van der Waals surface area contributed by atoms with Crippen molar-refractivity contribution in [2.75, 3.05) is 0 Å². The Balaban J connectivity index is 3.44. The second-order valence-electron chi connectivity index (χ2n) is 4.11. The van der Waals surface area contributed by atoms with E-state index in [9.17, 15) is 23.3 Å². The number of hydrogen-bond acceptors (Lipinski definition) is 4. The van der Waals surface area contributed by atoms with Crippen molar-refractivity contribution < 1.29 is 22.9 Å². The van der Waals surface area contributed by atoms with Crippen molar-refractivity contribution in [3.8, 4) is 0 Å².